The SMILES string of the molecule is CC(=O)N[C@H]1[C@H](OCCCCCCC(=O)OCC(COC(=O)NCCCCCO[C@@H]2O[C@H](COC(C)=O)[C@H](C)[C@H](C)[C@H]2NC(C)=O)OCc2ccccc2)O[C@H](COC(C)=O)[C@H](C)[C@@H]1C. The third kappa shape index (κ3) is 21.2. The largest absolute Gasteiger partial charge is 0.463 e. The average Bonchev–Trinajstić information content (AvgIpc) is 3.26. The van der Waals surface area contributed by atoms with Gasteiger partial charge in [-0.1, -0.05) is 70.9 Å². The molecule has 18 nitrogen and oxygen atoms in total. The molecule has 2 aliphatic heterocycles. The van der Waals surface area contributed by atoms with Gasteiger partial charge in [0.15, 0.2) is 12.6 Å². The lowest BCUT2D eigenvalue weighted by Crippen LogP contribution is -2.58. The van der Waals surface area contributed by atoms with Crippen LogP contribution in [-0.2, 0) is 73.2 Å². The fourth-order valence-electron chi connectivity index (χ4n) is 7.65. The lowest BCUT2D eigenvalue weighted by atomic mass is 9.82. The molecule has 11 atom stereocenters. The van der Waals surface area contributed by atoms with E-state index in [-0.39, 0.29) is 111 Å². The first-order valence-electron chi connectivity index (χ1n) is 23.1. The Hall–Kier alpha value is -4.36. The summed E-state index contributed by atoms with van der Waals surface area (Å²) in [4.78, 5) is 72.0. The predicted octanol–water partition coefficient (Wildman–Crippen LogP) is 5.13. The Balaban J connectivity index is 1.34. The molecule has 3 N–H and O–H groups in total. The van der Waals surface area contributed by atoms with Gasteiger partial charge in [-0.05, 0) is 61.3 Å². The minimum Gasteiger partial charge on any atom is -0.463 e. The Morgan fingerprint density at radius 3 is 1.60 bits per heavy atom. The van der Waals surface area contributed by atoms with Gasteiger partial charge in [-0.25, -0.2) is 4.79 Å². The number of hydrogen-bond donors (Lipinski definition) is 3. The van der Waals surface area contributed by atoms with E-state index in [1.807, 2.05) is 58.0 Å². The molecule has 3 rings (SSSR count). The summed E-state index contributed by atoms with van der Waals surface area (Å²) in [7, 11) is 0. The van der Waals surface area contributed by atoms with Crippen molar-refractivity contribution in [2.45, 2.75) is 156 Å². The molecule has 1 aromatic carbocycles. The van der Waals surface area contributed by atoms with E-state index in [4.69, 9.17) is 42.6 Å². The normalized spacial score (nSPS) is 25.7. The highest BCUT2D eigenvalue weighted by molar-refractivity contribution is 5.73. The second-order valence-corrected chi connectivity index (χ2v) is 17.2. The van der Waals surface area contributed by atoms with E-state index >= 15 is 0 Å². The van der Waals surface area contributed by atoms with Crippen LogP contribution in [-0.4, -0.2) is 125 Å². The zero-order chi connectivity index (χ0) is 47.7. The van der Waals surface area contributed by atoms with Gasteiger partial charge in [-0.3, -0.25) is 24.0 Å². The zero-order valence-corrected chi connectivity index (χ0v) is 39.7. The van der Waals surface area contributed by atoms with Crippen LogP contribution in [0.2, 0.25) is 0 Å². The van der Waals surface area contributed by atoms with E-state index in [0.29, 0.717) is 45.4 Å². The number of carbonyl (C=O) groups excluding carboxylic acids is 6. The van der Waals surface area contributed by atoms with E-state index < -0.39 is 30.7 Å². The van der Waals surface area contributed by atoms with E-state index in [9.17, 15) is 28.8 Å². The van der Waals surface area contributed by atoms with Crippen molar-refractivity contribution in [3.05, 3.63) is 35.9 Å². The molecule has 368 valence electrons. The molecule has 18 heteroatoms. The maximum Gasteiger partial charge on any atom is 0.407 e. The first-order chi connectivity index (χ1) is 31.0. The van der Waals surface area contributed by atoms with Crippen molar-refractivity contribution < 1.29 is 71.4 Å². The third-order valence-corrected chi connectivity index (χ3v) is 11.9. The molecule has 0 aliphatic carbocycles. The van der Waals surface area contributed by atoms with Crippen molar-refractivity contribution in [2.75, 3.05) is 46.2 Å². The summed E-state index contributed by atoms with van der Waals surface area (Å²) in [6.45, 7) is 15.0. The Morgan fingerprint density at radius 2 is 1.09 bits per heavy atom. The lowest BCUT2D eigenvalue weighted by molar-refractivity contribution is -0.244. The number of benzene rings is 1. The number of esters is 3. The highest BCUT2D eigenvalue weighted by atomic mass is 16.7. The molecule has 1 aromatic rings. The van der Waals surface area contributed by atoms with Crippen molar-refractivity contribution >= 4 is 35.8 Å². The highest BCUT2D eigenvalue weighted by Gasteiger charge is 2.44. The molecule has 0 radical (unpaired) electrons. The second-order valence-electron chi connectivity index (χ2n) is 17.2. The molecule has 3 amide bonds. The fourth-order valence-corrected chi connectivity index (χ4v) is 7.65. The molecule has 0 aromatic heterocycles. The summed E-state index contributed by atoms with van der Waals surface area (Å²) in [5, 5.41) is 8.64. The molecule has 0 saturated carbocycles. The molecule has 65 heavy (non-hydrogen) atoms. The summed E-state index contributed by atoms with van der Waals surface area (Å²) >= 11 is 0. The van der Waals surface area contributed by atoms with Gasteiger partial charge in [0.1, 0.15) is 32.5 Å². The van der Waals surface area contributed by atoms with Crippen LogP contribution in [0.4, 0.5) is 4.79 Å². The van der Waals surface area contributed by atoms with Crippen LogP contribution in [0.1, 0.15) is 112 Å². The van der Waals surface area contributed by atoms with Crippen LogP contribution >= 0.6 is 0 Å². The monoisotopic (exact) mass is 922 g/mol. The number of carbonyl (C=O) groups is 6. The number of alkyl carbamates (subject to hydrolysis) is 1. The molecule has 2 heterocycles. The summed E-state index contributed by atoms with van der Waals surface area (Å²) in [6.07, 6.45) is 1.72. The number of ether oxygens (including phenoxy) is 9. The molecule has 0 spiro atoms. The Labute approximate surface area is 384 Å². The van der Waals surface area contributed by atoms with Gasteiger partial charge < -0.3 is 58.6 Å². The molecular formula is C47H75N3O15. The molecule has 2 saturated heterocycles. The summed E-state index contributed by atoms with van der Waals surface area (Å²) < 4.78 is 51.8. The van der Waals surface area contributed by atoms with Crippen molar-refractivity contribution in [3.63, 3.8) is 0 Å². The van der Waals surface area contributed by atoms with E-state index in [2.05, 4.69) is 16.0 Å². The van der Waals surface area contributed by atoms with Gasteiger partial charge in [0.05, 0.1) is 30.9 Å². The van der Waals surface area contributed by atoms with Gasteiger partial charge >= 0.3 is 24.0 Å². The zero-order valence-electron chi connectivity index (χ0n) is 39.7. The number of unbranched alkanes of at least 4 members (excludes halogenated alkanes) is 5. The Kier molecular flexibility index (Phi) is 25.4. The van der Waals surface area contributed by atoms with Gasteiger partial charge in [0.2, 0.25) is 11.8 Å². The molecule has 2 fully saturated rings. The maximum absolute atomic E-state index is 12.7. The van der Waals surface area contributed by atoms with Crippen LogP contribution in [0.25, 0.3) is 0 Å². The van der Waals surface area contributed by atoms with Gasteiger partial charge in [0, 0.05) is 53.9 Å². The molecule has 0 bridgehead atoms. The van der Waals surface area contributed by atoms with Crippen molar-refractivity contribution in [1.29, 1.82) is 0 Å². The minimum atomic E-state index is -0.701. The van der Waals surface area contributed by atoms with Gasteiger partial charge in [-0.2, -0.15) is 0 Å². The van der Waals surface area contributed by atoms with Crippen molar-refractivity contribution in [2.24, 2.45) is 23.7 Å². The van der Waals surface area contributed by atoms with Crippen LogP contribution in [0, 0.1) is 23.7 Å². The predicted molar refractivity (Wildman–Crippen MR) is 237 cm³/mol. The van der Waals surface area contributed by atoms with Crippen molar-refractivity contribution in [3.8, 4) is 0 Å². The number of hydrogen-bond acceptors (Lipinski definition) is 15. The quantitative estimate of drug-likeness (QED) is 0.0564. The third-order valence-electron chi connectivity index (χ3n) is 11.9. The fraction of sp³-hybridized carbons (Fsp3) is 0.745. The average molecular weight is 922 g/mol. The molecule has 1 unspecified atom stereocenters. The second kappa shape index (κ2) is 30.0. The summed E-state index contributed by atoms with van der Waals surface area (Å²) in [5.41, 5.74) is 0.916. The molecular weight excluding hydrogens is 847 g/mol. The van der Waals surface area contributed by atoms with Gasteiger partial charge in [0.25, 0.3) is 0 Å². The highest BCUT2D eigenvalue weighted by Crippen LogP contribution is 2.33. The Morgan fingerprint density at radius 1 is 0.600 bits per heavy atom. The van der Waals surface area contributed by atoms with E-state index in [1.165, 1.54) is 27.7 Å². The summed E-state index contributed by atoms with van der Waals surface area (Å²) in [6, 6.07) is 8.79. The number of nitrogens with one attached hydrogen (secondary N) is 3. The lowest BCUT2D eigenvalue weighted by Gasteiger charge is -2.44. The van der Waals surface area contributed by atoms with E-state index in [0.717, 1.165) is 24.8 Å². The Bertz CT molecular complexity index is 1500. The molecule has 2 aliphatic rings. The van der Waals surface area contributed by atoms with E-state index in [1.54, 1.807) is 0 Å². The van der Waals surface area contributed by atoms with Crippen LogP contribution in [0.15, 0.2) is 30.3 Å². The topological polar surface area (TPSA) is 222 Å². The first-order valence-corrected chi connectivity index (χ1v) is 23.1. The first kappa shape index (κ1) is 55.0. The standard InChI is InChI=1S/C47H75N3O15/c1-30-32(3)43(49-34(5)51)45(64-40(30)28-59-36(7)53)57-23-17-10-9-15-21-42(55)62-26-39(61-25-38-19-13-11-14-20-38)27-63-47(56)48-22-16-12-18-24-58-46-44(50-35(6)52)33(4)31(2)41(65-46)29-60-37(8)54/h11,13-14,19-20,30-33,39-41,43-46H,9-10,12,15-18,21-29H2,1-8H3,(H,48,56)(H,49,51)(H,50,52)/t30-,31-,32+,33+,39?,40-,41-,43-,44-,45-,46-/m1/s1. The van der Waals surface area contributed by atoms with Crippen LogP contribution in [0.5, 0.6) is 0 Å². The summed E-state index contributed by atoms with van der Waals surface area (Å²) in [5.74, 6) is -1.47. The van der Waals surface area contributed by atoms with Crippen LogP contribution < -0.4 is 16.0 Å². The smallest absolute Gasteiger partial charge is 0.407 e. The van der Waals surface area contributed by atoms with Crippen molar-refractivity contribution in [1.82, 2.24) is 16.0 Å². The van der Waals surface area contributed by atoms with Crippen LogP contribution in [0.3, 0.4) is 0 Å². The van der Waals surface area contributed by atoms with Gasteiger partial charge in [-0.15, -0.1) is 0 Å². The minimum absolute atomic E-state index is 0.0141. The number of amides is 3. The maximum atomic E-state index is 12.7. The number of rotatable bonds is 28.